The molecule has 20 heavy (non-hydrogen) atoms. The third kappa shape index (κ3) is 3.60. The summed E-state index contributed by atoms with van der Waals surface area (Å²) in [6, 6.07) is 17.1. The number of para-hydroxylation sites is 2. The summed E-state index contributed by atoms with van der Waals surface area (Å²) in [5.41, 5.74) is 2.82. The molecule has 2 amide bonds. The number of rotatable bonds is 4. The lowest BCUT2D eigenvalue weighted by Gasteiger charge is -2.16. The summed E-state index contributed by atoms with van der Waals surface area (Å²) < 4.78 is 0. The van der Waals surface area contributed by atoms with E-state index < -0.39 is 0 Å². The molecule has 0 bridgehead atoms. The highest BCUT2D eigenvalue weighted by Crippen LogP contribution is 2.26. The van der Waals surface area contributed by atoms with Crippen molar-refractivity contribution in [3.05, 3.63) is 60.2 Å². The van der Waals surface area contributed by atoms with Crippen LogP contribution in [0.2, 0.25) is 0 Å². The number of amides is 2. The van der Waals surface area contributed by atoms with E-state index in [9.17, 15) is 4.79 Å². The first-order valence-corrected chi connectivity index (χ1v) is 6.92. The van der Waals surface area contributed by atoms with Crippen molar-refractivity contribution in [2.75, 3.05) is 10.6 Å². The molecule has 3 heteroatoms. The Kier molecular flexibility index (Phi) is 4.77. The van der Waals surface area contributed by atoms with Gasteiger partial charge in [0.15, 0.2) is 0 Å². The zero-order valence-corrected chi connectivity index (χ0v) is 11.9. The highest BCUT2D eigenvalue weighted by Gasteiger charge is 2.10. The first kappa shape index (κ1) is 14.1. The Bertz CT molecular complexity index is 566. The summed E-state index contributed by atoms with van der Waals surface area (Å²) in [6.45, 7) is 4.31. The van der Waals surface area contributed by atoms with Crippen molar-refractivity contribution in [3.63, 3.8) is 0 Å². The summed E-state index contributed by atoms with van der Waals surface area (Å²) in [5.74, 6) is 0.420. The minimum absolute atomic E-state index is 0.216. The lowest BCUT2D eigenvalue weighted by atomic mass is 9.97. The maximum Gasteiger partial charge on any atom is 0.323 e. The molecule has 104 valence electrons. The number of nitrogens with one attached hydrogen (secondary N) is 2. The Labute approximate surface area is 120 Å². The summed E-state index contributed by atoms with van der Waals surface area (Å²) in [6.07, 6.45) is 1.04. The van der Waals surface area contributed by atoms with Crippen LogP contribution in [0.4, 0.5) is 16.2 Å². The molecule has 0 aliphatic heterocycles. The maximum absolute atomic E-state index is 12.0. The predicted molar refractivity (Wildman–Crippen MR) is 84.2 cm³/mol. The Morgan fingerprint density at radius 1 is 1.00 bits per heavy atom. The van der Waals surface area contributed by atoms with Gasteiger partial charge in [0, 0.05) is 11.4 Å². The second kappa shape index (κ2) is 6.75. The average Bonchev–Trinajstić information content (AvgIpc) is 2.48. The van der Waals surface area contributed by atoms with Crippen LogP contribution in [0.1, 0.15) is 31.7 Å². The first-order valence-electron chi connectivity index (χ1n) is 6.92. The zero-order valence-electron chi connectivity index (χ0n) is 11.9. The minimum Gasteiger partial charge on any atom is -0.308 e. The van der Waals surface area contributed by atoms with Gasteiger partial charge in [-0.3, -0.25) is 0 Å². The smallest absolute Gasteiger partial charge is 0.308 e. The van der Waals surface area contributed by atoms with Crippen LogP contribution in [0.5, 0.6) is 0 Å². The summed E-state index contributed by atoms with van der Waals surface area (Å²) >= 11 is 0. The van der Waals surface area contributed by atoms with Crippen molar-refractivity contribution in [2.24, 2.45) is 0 Å². The quantitative estimate of drug-likeness (QED) is 0.818. The number of carbonyl (C=O) groups is 1. The molecule has 1 atom stereocenters. The van der Waals surface area contributed by atoms with Crippen molar-refractivity contribution in [3.8, 4) is 0 Å². The van der Waals surface area contributed by atoms with Crippen LogP contribution in [-0.2, 0) is 0 Å². The lowest BCUT2D eigenvalue weighted by Crippen LogP contribution is -2.20. The molecule has 1 unspecified atom stereocenters. The van der Waals surface area contributed by atoms with E-state index in [4.69, 9.17) is 0 Å². The summed E-state index contributed by atoms with van der Waals surface area (Å²) in [5, 5.41) is 5.75. The third-order valence-electron chi connectivity index (χ3n) is 3.38. The summed E-state index contributed by atoms with van der Waals surface area (Å²) in [7, 11) is 0. The van der Waals surface area contributed by atoms with Crippen LogP contribution in [0.3, 0.4) is 0 Å². The average molecular weight is 268 g/mol. The topological polar surface area (TPSA) is 41.1 Å². The van der Waals surface area contributed by atoms with Crippen LogP contribution < -0.4 is 10.6 Å². The largest absolute Gasteiger partial charge is 0.323 e. The molecular formula is C17H20N2O. The van der Waals surface area contributed by atoms with E-state index in [1.54, 1.807) is 0 Å². The van der Waals surface area contributed by atoms with Crippen LogP contribution in [-0.4, -0.2) is 6.03 Å². The van der Waals surface area contributed by atoms with Gasteiger partial charge in [-0.25, -0.2) is 4.79 Å². The SMILES string of the molecule is CCC(C)c1ccccc1NC(=O)Nc1ccccc1. The number of anilines is 2. The molecule has 0 heterocycles. The van der Waals surface area contributed by atoms with E-state index in [1.807, 2.05) is 48.5 Å². The Balaban J connectivity index is 2.08. The molecule has 0 saturated heterocycles. The number of urea groups is 1. The highest BCUT2D eigenvalue weighted by molar-refractivity contribution is 6.00. The Morgan fingerprint density at radius 3 is 2.35 bits per heavy atom. The molecule has 0 aliphatic rings. The summed E-state index contributed by atoms with van der Waals surface area (Å²) in [4.78, 5) is 12.0. The maximum atomic E-state index is 12.0. The number of hydrogen-bond donors (Lipinski definition) is 2. The van der Waals surface area contributed by atoms with Gasteiger partial charge in [0.25, 0.3) is 0 Å². The fraction of sp³-hybridized carbons (Fsp3) is 0.235. The predicted octanol–water partition coefficient (Wildman–Crippen LogP) is 4.84. The van der Waals surface area contributed by atoms with Crippen molar-refractivity contribution < 1.29 is 4.79 Å². The van der Waals surface area contributed by atoms with Gasteiger partial charge in [-0.2, -0.15) is 0 Å². The second-order valence-electron chi connectivity index (χ2n) is 4.84. The Morgan fingerprint density at radius 2 is 1.65 bits per heavy atom. The van der Waals surface area contributed by atoms with Crippen molar-refractivity contribution in [2.45, 2.75) is 26.2 Å². The number of hydrogen-bond acceptors (Lipinski definition) is 1. The van der Waals surface area contributed by atoms with Gasteiger partial charge >= 0.3 is 6.03 Å². The highest BCUT2D eigenvalue weighted by atomic mass is 16.2. The van der Waals surface area contributed by atoms with Gasteiger partial charge in [0.2, 0.25) is 0 Å². The van der Waals surface area contributed by atoms with Crippen molar-refractivity contribution in [1.29, 1.82) is 0 Å². The third-order valence-corrected chi connectivity index (χ3v) is 3.38. The molecule has 0 radical (unpaired) electrons. The molecule has 2 aromatic carbocycles. The molecule has 0 fully saturated rings. The van der Waals surface area contributed by atoms with Gasteiger partial charge < -0.3 is 10.6 Å². The Hall–Kier alpha value is -2.29. The van der Waals surface area contributed by atoms with Crippen LogP contribution >= 0.6 is 0 Å². The van der Waals surface area contributed by atoms with Crippen LogP contribution in [0, 0.1) is 0 Å². The number of benzene rings is 2. The lowest BCUT2D eigenvalue weighted by molar-refractivity contribution is 0.262. The second-order valence-corrected chi connectivity index (χ2v) is 4.84. The molecular weight excluding hydrogens is 248 g/mol. The van der Waals surface area contributed by atoms with Gasteiger partial charge in [0.1, 0.15) is 0 Å². The molecule has 3 nitrogen and oxygen atoms in total. The van der Waals surface area contributed by atoms with E-state index in [0.29, 0.717) is 5.92 Å². The minimum atomic E-state index is -0.216. The van der Waals surface area contributed by atoms with E-state index in [1.165, 1.54) is 5.56 Å². The fourth-order valence-corrected chi connectivity index (χ4v) is 2.07. The van der Waals surface area contributed by atoms with E-state index >= 15 is 0 Å². The van der Waals surface area contributed by atoms with E-state index in [0.717, 1.165) is 17.8 Å². The van der Waals surface area contributed by atoms with Gasteiger partial charge in [0.05, 0.1) is 0 Å². The fourth-order valence-electron chi connectivity index (χ4n) is 2.07. The van der Waals surface area contributed by atoms with Gasteiger partial charge in [-0.05, 0) is 36.1 Å². The normalized spacial score (nSPS) is 11.7. The molecule has 0 spiro atoms. The van der Waals surface area contributed by atoms with Crippen molar-refractivity contribution in [1.82, 2.24) is 0 Å². The van der Waals surface area contributed by atoms with Gasteiger partial charge in [-0.15, -0.1) is 0 Å². The monoisotopic (exact) mass is 268 g/mol. The molecule has 0 aromatic heterocycles. The van der Waals surface area contributed by atoms with Gasteiger partial charge in [-0.1, -0.05) is 50.2 Å². The van der Waals surface area contributed by atoms with Crippen LogP contribution in [0.15, 0.2) is 54.6 Å². The molecule has 0 saturated carbocycles. The molecule has 2 aromatic rings. The number of carbonyl (C=O) groups excluding carboxylic acids is 1. The molecule has 2 rings (SSSR count). The van der Waals surface area contributed by atoms with E-state index in [2.05, 4.69) is 30.5 Å². The van der Waals surface area contributed by atoms with E-state index in [-0.39, 0.29) is 6.03 Å². The zero-order chi connectivity index (χ0) is 14.4. The molecule has 0 aliphatic carbocycles. The first-order chi connectivity index (χ1) is 9.70. The standard InChI is InChI=1S/C17H20N2O/c1-3-13(2)15-11-7-8-12-16(15)19-17(20)18-14-9-5-4-6-10-14/h4-13H,3H2,1-2H3,(H2,18,19,20). The van der Waals surface area contributed by atoms with Crippen molar-refractivity contribution >= 4 is 17.4 Å². The van der Waals surface area contributed by atoms with Crippen LogP contribution in [0.25, 0.3) is 0 Å². The molecule has 2 N–H and O–H groups in total.